The summed E-state index contributed by atoms with van der Waals surface area (Å²) in [4.78, 5) is 0. The van der Waals surface area contributed by atoms with E-state index >= 15 is 0 Å². The first-order valence-corrected chi connectivity index (χ1v) is 7.20. The molecule has 1 aliphatic rings. The highest BCUT2D eigenvalue weighted by atomic mass is 35.5. The van der Waals surface area contributed by atoms with Crippen molar-refractivity contribution in [1.29, 1.82) is 0 Å². The number of halogens is 3. The van der Waals surface area contributed by atoms with Gasteiger partial charge in [0.2, 0.25) is 0 Å². The Kier molecular flexibility index (Phi) is 3.49. The van der Waals surface area contributed by atoms with Gasteiger partial charge < -0.3 is 5.11 Å². The highest BCUT2D eigenvalue weighted by Crippen LogP contribution is 2.41. The van der Waals surface area contributed by atoms with Crippen LogP contribution < -0.4 is 0 Å². The van der Waals surface area contributed by atoms with Gasteiger partial charge in [-0.15, -0.1) is 0 Å². The monoisotopic (exact) mass is 310 g/mol. The Morgan fingerprint density at radius 2 is 1.90 bits per heavy atom. The zero-order chi connectivity index (χ0) is 14.3. The fourth-order valence-corrected chi connectivity index (χ4v) is 3.29. The van der Waals surface area contributed by atoms with Gasteiger partial charge in [0.25, 0.3) is 0 Å². The highest BCUT2D eigenvalue weighted by molar-refractivity contribution is 6.42. The minimum absolute atomic E-state index is 0.254. The smallest absolute Gasteiger partial charge is 0.126 e. The van der Waals surface area contributed by atoms with Gasteiger partial charge in [-0.1, -0.05) is 47.5 Å². The SMILES string of the molecule is OC1(Cc2cccc(Cl)c2Cl)CCc2c(F)cccc21. The third-order valence-electron chi connectivity index (χ3n) is 3.92. The second-order valence-corrected chi connectivity index (χ2v) is 5.97. The lowest BCUT2D eigenvalue weighted by atomic mass is 9.89. The van der Waals surface area contributed by atoms with Crippen molar-refractivity contribution in [1.82, 2.24) is 0 Å². The molecule has 0 radical (unpaired) electrons. The molecule has 0 heterocycles. The lowest BCUT2D eigenvalue weighted by Gasteiger charge is -2.25. The zero-order valence-corrected chi connectivity index (χ0v) is 12.2. The topological polar surface area (TPSA) is 20.2 Å². The number of hydrogen-bond donors (Lipinski definition) is 1. The molecule has 0 bridgehead atoms. The van der Waals surface area contributed by atoms with E-state index in [-0.39, 0.29) is 5.82 Å². The molecule has 2 aromatic rings. The molecular formula is C16H13Cl2FO. The van der Waals surface area contributed by atoms with Crippen LogP contribution in [0.25, 0.3) is 0 Å². The summed E-state index contributed by atoms with van der Waals surface area (Å²) >= 11 is 12.2. The lowest BCUT2D eigenvalue weighted by Crippen LogP contribution is -2.25. The van der Waals surface area contributed by atoms with Crippen molar-refractivity contribution in [2.75, 3.05) is 0 Å². The Balaban J connectivity index is 2.00. The first-order chi connectivity index (χ1) is 9.51. The molecule has 1 nitrogen and oxygen atoms in total. The first kappa shape index (κ1) is 13.9. The summed E-state index contributed by atoms with van der Waals surface area (Å²) in [6, 6.07) is 10.2. The van der Waals surface area contributed by atoms with Crippen molar-refractivity contribution in [3.63, 3.8) is 0 Å². The van der Waals surface area contributed by atoms with E-state index in [0.717, 1.165) is 5.56 Å². The van der Waals surface area contributed by atoms with E-state index in [0.29, 0.717) is 40.4 Å². The molecule has 1 aliphatic carbocycles. The van der Waals surface area contributed by atoms with Gasteiger partial charge in [-0.25, -0.2) is 4.39 Å². The van der Waals surface area contributed by atoms with Gasteiger partial charge in [0.05, 0.1) is 15.6 Å². The molecule has 2 aromatic carbocycles. The fourth-order valence-electron chi connectivity index (χ4n) is 2.90. The summed E-state index contributed by atoms with van der Waals surface area (Å²) in [5.74, 6) is -0.254. The number of fused-ring (bicyclic) bond motifs is 1. The summed E-state index contributed by atoms with van der Waals surface area (Å²) < 4.78 is 13.8. The molecule has 20 heavy (non-hydrogen) atoms. The molecule has 0 aliphatic heterocycles. The van der Waals surface area contributed by atoms with Crippen molar-refractivity contribution in [3.8, 4) is 0 Å². The summed E-state index contributed by atoms with van der Waals surface area (Å²) in [5, 5.41) is 11.8. The predicted octanol–water partition coefficient (Wildman–Crippen LogP) is 4.51. The lowest BCUT2D eigenvalue weighted by molar-refractivity contribution is 0.0389. The number of rotatable bonds is 2. The standard InChI is InChI=1S/C16H13Cl2FO/c17-13-5-1-3-10(15(13)18)9-16(20)8-7-11-12(16)4-2-6-14(11)19/h1-6,20H,7-9H2. The molecule has 1 atom stereocenters. The number of hydrogen-bond acceptors (Lipinski definition) is 1. The van der Waals surface area contributed by atoms with E-state index in [2.05, 4.69) is 0 Å². The van der Waals surface area contributed by atoms with Gasteiger partial charge >= 0.3 is 0 Å². The maximum absolute atomic E-state index is 13.8. The Bertz CT molecular complexity index is 672. The van der Waals surface area contributed by atoms with Crippen LogP contribution in [0.2, 0.25) is 10.0 Å². The van der Waals surface area contributed by atoms with Crippen molar-refractivity contribution < 1.29 is 9.50 Å². The maximum Gasteiger partial charge on any atom is 0.126 e. The molecule has 0 aromatic heterocycles. The van der Waals surface area contributed by atoms with Gasteiger partial charge in [0.1, 0.15) is 5.82 Å². The Hall–Kier alpha value is -1.09. The summed E-state index contributed by atoms with van der Waals surface area (Å²) in [6.07, 6.45) is 1.37. The molecular weight excluding hydrogens is 298 g/mol. The summed E-state index contributed by atoms with van der Waals surface area (Å²) in [5.41, 5.74) is 0.964. The second-order valence-electron chi connectivity index (χ2n) is 5.19. The largest absolute Gasteiger partial charge is 0.385 e. The van der Waals surface area contributed by atoms with Gasteiger partial charge in [0, 0.05) is 6.42 Å². The second kappa shape index (κ2) is 5.03. The maximum atomic E-state index is 13.8. The molecule has 0 saturated carbocycles. The first-order valence-electron chi connectivity index (χ1n) is 6.44. The average molecular weight is 311 g/mol. The Morgan fingerprint density at radius 3 is 2.70 bits per heavy atom. The van der Waals surface area contributed by atoms with Gasteiger partial charge in [0.15, 0.2) is 0 Å². The van der Waals surface area contributed by atoms with Crippen molar-refractivity contribution >= 4 is 23.2 Å². The van der Waals surface area contributed by atoms with Crippen molar-refractivity contribution in [2.24, 2.45) is 0 Å². The van der Waals surface area contributed by atoms with Crippen LogP contribution in [-0.4, -0.2) is 5.11 Å². The van der Waals surface area contributed by atoms with Crippen LogP contribution in [-0.2, 0) is 18.4 Å². The normalized spacial score (nSPS) is 21.0. The molecule has 104 valence electrons. The van der Waals surface area contributed by atoms with Gasteiger partial charge in [-0.05, 0) is 41.7 Å². The van der Waals surface area contributed by atoms with E-state index in [1.165, 1.54) is 6.07 Å². The van der Waals surface area contributed by atoms with Crippen LogP contribution in [0.4, 0.5) is 4.39 Å². The van der Waals surface area contributed by atoms with Gasteiger partial charge in [-0.3, -0.25) is 0 Å². The van der Waals surface area contributed by atoms with Crippen LogP contribution in [0, 0.1) is 5.82 Å². The van der Waals surface area contributed by atoms with Crippen LogP contribution in [0.3, 0.4) is 0 Å². The zero-order valence-electron chi connectivity index (χ0n) is 10.7. The van der Waals surface area contributed by atoms with E-state index in [1.807, 2.05) is 6.07 Å². The third kappa shape index (κ3) is 2.22. The van der Waals surface area contributed by atoms with Crippen molar-refractivity contribution in [2.45, 2.75) is 24.9 Å². The molecule has 1 unspecified atom stereocenters. The minimum atomic E-state index is -1.08. The van der Waals surface area contributed by atoms with E-state index < -0.39 is 5.60 Å². The number of aliphatic hydroxyl groups is 1. The fraction of sp³-hybridized carbons (Fsp3) is 0.250. The van der Waals surface area contributed by atoms with E-state index in [1.54, 1.807) is 24.3 Å². The molecule has 1 N–H and O–H groups in total. The van der Waals surface area contributed by atoms with Crippen molar-refractivity contribution in [3.05, 3.63) is 69.0 Å². The Morgan fingerprint density at radius 1 is 1.15 bits per heavy atom. The quantitative estimate of drug-likeness (QED) is 0.865. The van der Waals surface area contributed by atoms with Crippen LogP contribution in [0.5, 0.6) is 0 Å². The third-order valence-corrected chi connectivity index (χ3v) is 4.78. The average Bonchev–Trinajstić information content (AvgIpc) is 2.75. The van der Waals surface area contributed by atoms with Crippen LogP contribution in [0.1, 0.15) is 23.1 Å². The molecule has 0 spiro atoms. The molecule has 0 fully saturated rings. The van der Waals surface area contributed by atoms with Gasteiger partial charge in [-0.2, -0.15) is 0 Å². The molecule has 0 amide bonds. The molecule has 3 rings (SSSR count). The summed E-state index contributed by atoms with van der Waals surface area (Å²) in [7, 11) is 0. The van der Waals surface area contributed by atoms with Crippen LogP contribution >= 0.6 is 23.2 Å². The van der Waals surface area contributed by atoms with Crippen LogP contribution in [0.15, 0.2) is 36.4 Å². The predicted molar refractivity (Wildman–Crippen MR) is 78.8 cm³/mol. The number of benzene rings is 2. The van der Waals surface area contributed by atoms with E-state index in [4.69, 9.17) is 23.2 Å². The minimum Gasteiger partial charge on any atom is -0.385 e. The molecule has 4 heteroatoms. The molecule has 0 saturated heterocycles. The summed E-state index contributed by atoms with van der Waals surface area (Å²) in [6.45, 7) is 0. The van der Waals surface area contributed by atoms with E-state index in [9.17, 15) is 9.50 Å². The highest BCUT2D eigenvalue weighted by Gasteiger charge is 2.38. The Labute approximate surface area is 127 Å².